The molecule has 0 aromatic heterocycles. The first-order valence-corrected chi connectivity index (χ1v) is 6.71. The van der Waals surface area contributed by atoms with Gasteiger partial charge < -0.3 is 10.0 Å². The number of carbonyl (C=O) groups is 2. The molecule has 20 heavy (non-hydrogen) atoms. The smallest absolute Gasteiger partial charge is 0.305 e. The summed E-state index contributed by atoms with van der Waals surface area (Å²) in [6.45, 7) is 6.23. The second kappa shape index (κ2) is 5.90. The number of aryl methyl sites for hydroxylation is 1. The average molecular weight is 273 g/mol. The minimum absolute atomic E-state index is 0.00246. The van der Waals surface area contributed by atoms with Gasteiger partial charge in [0.1, 0.15) is 0 Å². The standard InChI is InChI=1S/C16H19NO3/c1-3-12-8-15(18)17(10-12)14(9-16(19)20)13-6-4-5-11(2)7-13/h3-7,12,14H,1,8-10H2,2H3,(H,19,20). The first kappa shape index (κ1) is 14.3. The Kier molecular flexibility index (Phi) is 4.23. The van der Waals surface area contributed by atoms with Crippen LogP contribution in [-0.2, 0) is 9.59 Å². The average Bonchev–Trinajstić information content (AvgIpc) is 2.77. The molecule has 1 N–H and O–H groups in total. The van der Waals surface area contributed by atoms with Crippen molar-refractivity contribution in [1.29, 1.82) is 0 Å². The maximum atomic E-state index is 12.1. The summed E-state index contributed by atoms with van der Waals surface area (Å²) in [6, 6.07) is 7.28. The van der Waals surface area contributed by atoms with E-state index in [-0.39, 0.29) is 18.2 Å². The molecule has 4 heteroatoms. The molecule has 2 atom stereocenters. The van der Waals surface area contributed by atoms with Gasteiger partial charge in [0, 0.05) is 18.9 Å². The molecule has 0 aliphatic carbocycles. The van der Waals surface area contributed by atoms with Crippen molar-refractivity contribution in [3.05, 3.63) is 48.0 Å². The molecule has 1 aromatic carbocycles. The lowest BCUT2D eigenvalue weighted by atomic mass is 10.00. The van der Waals surface area contributed by atoms with E-state index < -0.39 is 12.0 Å². The molecule has 1 aliphatic rings. The molecule has 0 radical (unpaired) electrons. The van der Waals surface area contributed by atoms with Gasteiger partial charge in [0.2, 0.25) is 5.91 Å². The molecular formula is C16H19NO3. The number of rotatable bonds is 5. The van der Waals surface area contributed by atoms with Gasteiger partial charge in [0.05, 0.1) is 12.5 Å². The zero-order chi connectivity index (χ0) is 14.7. The molecule has 2 unspecified atom stereocenters. The Balaban J connectivity index is 2.30. The van der Waals surface area contributed by atoms with Crippen LogP contribution in [0.25, 0.3) is 0 Å². The second-order valence-electron chi connectivity index (χ2n) is 5.27. The molecule has 1 amide bonds. The number of aliphatic carboxylic acids is 1. The fourth-order valence-corrected chi connectivity index (χ4v) is 2.67. The quantitative estimate of drug-likeness (QED) is 0.839. The number of hydrogen-bond donors (Lipinski definition) is 1. The highest BCUT2D eigenvalue weighted by molar-refractivity contribution is 5.80. The van der Waals surface area contributed by atoms with Gasteiger partial charge >= 0.3 is 5.97 Å². The van der Waals surface area contributed by atoms with Crippen LogP contribution < -0.4 is 0 Å². The van der Waals surface area contributed by atoms with Crippen molar-refractivity contribution in [1.82, 2.24) is 4.90 Å². The van der Waals surface area contributed by atoms with E-state index in [0.29, 0.717) is 13.0 Å². The molecular weight excluding hydrogens is 254 g/mol. The van der Waals surface area contributed by atoms with Crippen molar-refractivity contribution in [2.75, 3.05) is 6.54 Å². The Bertz CT molecular complexity index is 538. The maximum Gasteiger partial charge on any atom is 0.305 e. The largest absolute Gasteiger partial charge is 0.481 e. The molecule has 106 valence electrons. The van der Waals surface area contributed by atoms with Crippen molar-refractivity contribution < 1.29 is 14.7 Å². The number of benzene rings is 1. The lowest BCUT2D eigenvalue weighted by Gasteiger charge is -2.27. The number of hydrogen-bond acceptors (Lipinski definition) is 2. The summed E-state index contributed by atoms with van der Waals surface area (Å²) < 4.78 is 0. The summed E-state index contributed by atoms with van der Waals surface area (Å²) in [7, 11) is 0. The predicted molar refractivity (Wildman–Crippen MR) is 76.2 cm³/mol. The lowest BCUT2D eigenvalue weighted by Crippen LogP contribution is -2.32. The second-order valence-corrected chi connectivity index (χ2v) is 5.27. The van der Waals surface area contributed by atoms with Crippen LogP contribution in [0.15, 0.2) is 36.9 Å². The number of carboxylic acid groups (broad SMARTS) is 1. The van der Waals surface area contributed by atoms with Gasteiger partial charge in [-0.1, -0.05) is 35.9 Å². The summed E-state index contributed by atoms with van der Waals surface area (Å²) in [4.78, 5) is 24.9. The molecule has 1 saturated heterocycles. The number of carboxylic acids is 1. The van der Waals surface area contributed by atoms with Crippen molar-refractivity contribution in [3.8, 4) is 0 Å². The van der Waals surface area contributed by atoms with Crippen LogP contribution in [0.3, 0.4) is 0 Å². The van der Waals surface area contributed by atoms with Gasteiger partial charge in [0.25, 0.3) is 0 Å². The third-order valence-corrected chi connectivity index (χ3v) is 3.69. The Morgan fingerprint density at radius 1 is 1.60 bits per heavy atom. The number of amides is 1. The fourth-order valence-electron chi connectivity index (χ4n) is 2.67. The van der Waals surface area contributed by atoms with Crippen LogP contribution in [0, 0.1) is 12.8 Å². The molecule has 0 bridgehead atoms. The number of likely N-dealkylation sites (tertiary alicyclic amines) is 1. The van der Waals surface area contributed by atoms with E-state index in [1.165, 1.54) is 0 Å². The highest BCUT2D eigenvalue weighted by Crippen LogP contribution is 2.31. The van der Waals surface area contributed by atoms with Crippen molar-refractivity contribution in [3.63, 3.8) is 0 Å². The minimum Gasteiger partial charge on any atom is -0.481 e. The third-order valence-electron chi connectivity index (χ3n) is 3.69. The van der Waals surface area contributed by atoms with Gasteiger partial charge in [-0.15, -0.1) is 6.58 Å². The molecule has 0 spiro atoms. The molecule has 1 aliphatic heterocycles. The topological polar surface area (TPSA) is 57.6 Å². The van der Waals surface area contributed by atoms with E-state index in [0.717, 1.165) is 11.1 Å². The van der Waals surface area contributed by atoms with Crippen LogP contribution >= 0.6 is 0 Å². The van der Waals surface area contributed by atoms with Gasteiger partial charge in [-0.05, 0) is 12.5 Å². The van der Waals surface area contributed by atoms with Crippen LogP contribution in [0.2, 0.25) is 0 Å². The third kappa shape index (κ3) is 3.07. The van der Waals surface area contributed by atoms with E-state index in [1.54, 1.807) is 11.0 Å². The molecule has 1 aromatic rings. The summed E-state index contributed by atoms with van der Waals surface area (Å²) in [5.41, 5.74) is 1.94. The summed E-state index contributed by atoms with van der Waals surface area (Å²) in [5, 5.41) is 9.13. The van der Waals surface area contributed by atoms with Gasteiger partial charge in [0.15, 0.2) is 0 Å². The van der Waals surface area contributed by atoms with E-state index >= 15 is 0 Å². The first-order chi connectivity index (χ1) is 9.51. The van der Waals surface area contributed by atoms with Gasteiger partial charge in [-0.25, -0.2) is 0 Å². The Morgan fingerprint density at radius 2 is 2.35 bits per heavy atom. The Labute approximate surface area is 118 Å². The van der Waals surface area contributed by atoms with Crippen LogP contribution in [-0.4, -0.2) is 28.4 Å². The molecule has 1 heterocycles. The van der Waals surface area contributed by atoms with E-state index in [4.69, 9.17) is 5.11 Å². The zero-order valence-corrected chi connectivity index (χ0v) is 11.6. The monoisotopic (exact) mass is 273 g/mol. The van der Waals surface area contributed by atoms with Crippen LogP contribution in [0.5, 0.6) is 0 Å². The van der Waals surface area contributed by atoms with Crippen molar-refractivity contribution in [2.45, 2.75) is 25.8 Å². The normalized spacial score (nSPS) is 19.9. The summed E-state index contributed by atoms with van der Waals surface area (Å²) in [6.07, 6.45) is 2.12. The van der Waals surface area contributed by atoms with Gasteiger partial charge in [-0.3, -0.25) is 9.59 Å². The Hall–Kier alpha value is -2.10. The first-order valence-electron chi connectivity index (χ1n) is 6.71. The van der Waals surface area contributed by atoms with Crippen molar-refractivity contribution in [2.24, 2.45) is 5.92 Å². The fraction of sp³-hybridized carbons (Fsp3) is 0.375. The van der Waals surface area contributed by atoms with E-state index in [2.05, 4.69) is 6.58 Å². The SMILES string of the molecule is C=CC1CC(=O)N(C(CC(=O)O)c2cccc(C)c2)C1. The predicted octanol–water partition coefficient (Wildman–Crippen LogP) is 2.55. The lowest BCUT2D eigenvalue weighted by molar-refractivity contribution is -0.139. The van der Waals surface area contributed by atoms with Crippen LogP contribution in [0.4, 0.5) is 0 Å². The Morgan fingerprint density at radius 3 is 2.90 bits per heavy atom. The van der Waals surface area contributed by atoms with Gasteiger partial charge in [-0.2, -0.15) is 0 Å². The molecule has 2 rings (SSSR count). The molecule has 4 nitrogen and oxygen atoms in total. The number of carbonyl (C=O) groups excluding carboxylic acids is 1. The zero-order valence-electron chi connectivity index (χ0n) is 11.6. The maximum absolute atomic E-state index is 12.1. The number of nitrogens with zero attached hydrogens (tertiary/aromatic N) is 1. The van der Waals surface area contributed by atoms with E-state index in [1.807, 2.05) is 31.2 Å². The highest BCUT2D eigenvalue weighted by atomic mass is 16.4. The molecule has 0 saturated carbocycles. The molecule has 1 fully saturated rings. The highest BCUT2D eigenvalue weighted by Gasteiger charge is 2.34. The van der Waals surface area contributed by atoms with Crippen LogP contribution in [0.1, 0.15) is 30.0 Å². The summed E-state index contributed by atoms with van der Waals surface area (Å²) >= 11 is 0. The van der Waals surface area contributed by atoms with E-state index in [9.17, 15) is 9.59 Å². The van der Waals surface area contributed by atoms with Crippen molar-refractivity contribution >= 4 is 11.9 Å². The minimum atomic E-state index is -0.897. The summed E-state index contributed by atoms with van der Waals surface area (Å²) in [5.74, 6) is -0.780.